The first-order valence-corrected chi connectivity index (χ1v) is 18.0. The normalized spacial score (nSPS) is 34.7. The van der Waals surface area contributed by atoms with Gasteiger partial charge >= 0.3 is 0 Å². The minimum Gasteiger partial charge on any atom is -0.392 e. The van der Waals surface area contributed by atoms with Gasteiger partial charge in [-0.15, -0.1) is 11.8 Å². The third-order valence-electron chi connectivity index (χ3n) is 9.77. The zero-order valence-corrected chi connectivity index (χ0v) is 31.4. The van der Waals surface area contributed by atoms with E-state index in [0.29, 0.717) is 36.5 Å². The Morgan fingerprint density at radius 3 is 1.61 bits per heavy atom. The summed E-state index contributed by atoms with van der Waals surface area (Å²) in [6, 6.07) is 4.00. The summed E-state index contributed by atoms with van der Waals surface area (Å²) < 4.78 is 5.09. The molecule has 0 aromatic carbocycles. The highest BCUT2D eigenvalue weighted by molar-refractivity contribution is 7.99. The van der Waals surface area contributed by atoms with E-state index < -0.39 is 0 Å². The van der Waals surface area contributed by atoms with E-state index in [1.54, 1.807) is 0 Å². The molecule has 6 rings (SSSR count). The first kappa shape index (κ1) is 41.5. The number of ether oxygens (including phenoxy) is 1. The number of hydrogen-bond acceptors (Lipinski definition) is 10. The summed E-state index contributed by atoms with van der Waals surface area (Å²) in [4.78, 5) is 24.1. The fourth-order valence-electron chi connectivity index (χ4n) is 5.20. The number of aliphatic hydroxyl groups excluding tert-OH is 1. The number of thioether (sulfide) groups is 1. The van der Waals surface area contributed by atoms with Crippen molar-refractivity contribution in [3.63, 3.8) is 0 Å². The highest BCUT2D eigenvalue weighted by atomic mass is 32.2. The third kappa shape index (κ3) is 16.8. The number of rotatable bonds is 0. The second kappa shape index (κ2) is 22.1. The van der Waals surface area contributed by atoms with E-state index in [0.717, 1.165) is 51.4 Å². The molecule has 7 unspecified atom stereocenters. The average molecular weight is 643 g/mol. The molecule has 1 N–H and O–H groups in total. The molecule has 6 heterocycles. The van der Waals surface area contributed by atoms with Gasteiger partial charge in [0.2, 0.25) is 0 Å². The van der Waals surface area contributed by atoms with Crippen molar-refractivity contribution >= 4 is 17.5 Å². The number of likely N-dealkylation sites (N-methyl/N-ethyl adjacent to an activating group) is 4. The van der Waals surface area contributed by atoms with Crippen molar-refractivity contribution in [2.75, 3.05) is 93.4 Å². The Kier molecular flexibility index (Phi) is 20.8. The standard InChI is InChI=1S/C6H13NO.C6H11NO.C6H13N.C6H11N.C5H11NO.C5H11NS/c2*1-5-3-6(8)4-7(5)2;2*1-6-4-3-5-7(6)2;2*1-5-3-7-4-6(5)2/h5-6,8H,3-4H2,1-2H3;5H,3-4H2,1-2H3;6H,3-5H2,1-2H3;3-4,6H,5H2,1-2H3;2*5H,3-4H2,1-2H3. The number of carbonyl (C=O) groups excluding carboxylic acids is 1. The van der Waals surface area contributed by atoms with Crippen LogP contribution in [0.3, 0.4) is 0 Å². The first-order chi connectivity index (χ1) is 20.6. The lowest BCUT2D eigenvalue weighted by Gasteiger charge is -2.12. The van der Waals surface area contributed by atoms with E-state index in [-0.39, 0.29) is 6.10 Å². The first-order valence-electron chi connectivity index (χ1n) is 16.9. The maximum absolute atomic E-state index is 10.6. The smallest absolute Gasteiger partial charge is 0.148 e. The van der Waals surface area contributed by atoms with Crippen molar-refractivity contribution in [2.24, 2.45) is 0 Å². The van der Waals surface area contributed by atoms with Crippen LogP contribution in [0.5, 0.6) is 0 Å². The molecule has 5 fully saturated rings. The van der Waals surface area contributed by atoms with Crippen LogP contribution in [0.2, 0.25) is 0 Å². The molecule has 44 heavy (non-hydrogen) atoms. The van der Waals surface area contributed by atoms with Gasteiger partial charge in [0.05, 0.1) is 26.0 Å². The SMILES string of the molecule is CC1C=CCN1C.CC1CC(=O)CN1C.CC1CC(O)CN1C.CC1CCCN1C.CC1COCN1C.CC1CSCN1C. The van der Waals surface area contributed by atoms with Gasteiger partial charge in [0.1, 0.15) is 5.78 Å². The second-order valence-electron chi connectivity index (χ2n) is 14.0. The van der Waals surface area contributed by atoms with Crippen LogP contribution in [0.1, 0.15) is 67.2 Å². The predicted octanol–water partition coefficient (Wildman–Crippen LogP) is 3.63. The summed E-state index contributed by atoms with van der Waals surface area (Å²) in [5.74, 6) is 2.91. The van der Waals surface area contributed by atoms with Crippen LogP contribution >= 0.6 is 11.8 Å². The van der Waals surface area contributed by atoms with Crippen LogP contribution in [0.25, 0.3) is 0 Å². The van der Waals surface area contributed by atoms with Gasteiger partial charge in [-0.25, -0.2) is 0 Å². The van der Waals surface area contributed by atoms with Crippen molar-refractivity contribution in [1.29, 1.82) is 0 Å². The summed E-state index contributed by atoms with van der Waals surface area (Å²) in [7, 11) is 12.6. The Bertz CT molecular complexity index is 718. The quantitative estimate of drug-likeness (QED) is 0.397. The highest BCUT2D eigenvalue weighted by Crippen LogP contribution is 2.17. The van der Waals surface area contributed by atoms with Crippen molar-refractivity contribution < 1.29 is 14.6 Å². The topological polar surface area (TPSA) is 66.0 Å². The van der Waals surface area contributed by atoms with Crippen molar-refractivity contribution in [3.05, 3.63) is 12.2 Å². The minimum atomic E-state index is -0.0741. The molecule has 9 nitrogen and oxygen atoms in total. The summed E-state index contributed by atoms with van der Waals surface area (Å²) in [5, 5.41) is 9.03. The van der Waals surface area contributed by atoms with Crippen LogP contribution in [0.15, 0.2) is 12.2 Å². The Morgan fingerprint density at radius 1 is 0.795 bits per heavy atom. The highest BCUT2D eigenvalue weighted by Gasteiger charge is 2.24. The fourth-order valence-corrected chi connectivity index (χ4v) is 6.45. The maximum Gasteiger partial charge on any atom is 0.148 e. The van der Waals surface area contributed by atoms with Gasteiger partial charge in [0.15, 0.2) is 0 Å². The molecule has 0 aromatic heterocycles. The summed E-state index contributed by atoms with van der Waals surface area (Å²) in [5.41, 5.74) is 0. The lowest BCUT2D eigenvalue weighted by Crippen LogP contribution is -2.22. The average Bonchev–Trinajstić information content (AvgIpc) is 3.81. The molecule has 0 amide bonds. The predicted molar refractivity (Wildman–Crippen MR) is 190 cm³/mol. The monoisotopic (exact) mass is 643 g/mol. The van der Waals surface area contributed by atoms with E-state index in [1.165, 1.54) is 31.0 Å². The Morgan fingerprint density at radius 2 is 1.48 bits per heavy atom. The third-order valence-corrected chi connectivity index (χ3v) is 11.1. The van der Waals surface area contributed by atoms with E-state index >= 15 is 0 Å². The van der Waals surface area contributed by atoms with Crippen molar-refractivity contribution in [3.8, 4) is 0 Å². The Balaban J connectivity index is 0.000000264. The molecule has 0 saturated carbocycles. The van der Waals surface area contributed by atoms with Crippen LogP contribution < -0.4 is 0 Å². The van der Waals surface area contributed by atoms with Crippen LogP contribution in [0.4, 0.5) is 0 Å². The molecule has 7 atom stereocenters. The molecule has 0 bridgehead atoms. The minimum absolute atomic E-state index is 0.0741. The second-order valence-corrected chi connectivity index (χ2v) is 15.0. The fraction of sp³-hybridized carbons (Fsp3) is 0.912. The van der Waals surface area contributed by atoms with Gasteiger partial charge in [-0.2, -0.15) is 0 Å². The Hall–Kier alpha value is -0.560. The number of likely N-dealkylation sites (tertiary alicyclic amines) is 3. The molecular formula is C34H70N6O3S. The van der Waals surface area contributed by atoms with E-state index in [1.807, 2.05) is 25.9 Å². The zero-order chi connectivity index (χ0) is 33.4. The van der Waals surface area contributed by atoms with E-state index in [2.05, 4.69) is 111 Å². The van der Waals surface area contributed by atoms with Crippen LogP contribution in [-0.2, 0) is 9.53 Å². The van der Waals surface area contributed by atoms with E-state index in [9.17, 15) is 4.79 Å². The number of hydrogen-bond donors (Lipinski definition) is 1. The van der Waals surface area contributed by atoms with Gasteiger partial charge < -0.3 is 19.6 Å². The Labute approximate surface area is 276 Å². The van der Waals surface area contributed by atoms with Crippen LogP contribution in [0, 0.1) is 0 Å². The molecule has 0 spiro atoms. The van der Waals surface area contributed by atoms with Crippen LogP contribution in [-0.4, -0.2) is 176 Å². The molecule has 10 heteroatoms. The largest absolute Gasteiger partial charge is 0.392 e. The molecule has 0 aromatic rings. The number of β-amino-alcohol motifs (C(OH)–C–C–N with tert-alkyl or cyclic N) is 1. The summed E-state index contributed by atoms with van der Waals surface area (Å²) in [6.07, 6.45) is 8.83. The molecule has 5 saturated heterocycles. The maximum atomic E-state index is 10.6. The number of carbonyl (C=O) groups is 1. The molecule has 6 aliphatic heterocycles. The van der Waals surface area contributed by atoms with Gasteiger partial charge in [-0.05, 0) is 110 Å². The zero-order valence-electron chi connectivity index (χ0n) is 30.5. The van der Waals surface area contributed by atoms with Gasteiger partial charge in [0, 0.05) is 67.4 Å². The molecule has 0 radical (unpaired) electrons. The number of ketones is 1. The molecule has 260 valence electrons. The molecule has 0 aliphatic carbocycles. The number of Topliss-reactive ketones (excluding diaryl/α,β-unsaturated/α-hetero) is 1. The van der Waals surface area contributed by atoms with Gasteiger partial charge in [-0.1, -0.05) is 12.2 Å². The summed E-state index contributed by atoms with van der Waals surface area (Å²) in [6.45, 7) is 18.8. The molecule has 6 aliphatic rings. The lowest BCUT2D eigenvalue weighted by atomic mass is 10.2. The number of aliphatic hydroxyl groups is 1. The molecular weight excluding hydrogens is 572 g/mol. The summed E-state index contributed by atoms with van der Waals surface area (Å²) >= 11 is 2.02. The van der Waals surface area contributed by atoms with Crippen molar-refractivity contribution in [1.82, 2.24) is 29.4 Å². The number of nitrogens with zero attached hydrogens (tertiary/aromatic N) is 6. The van der Waals surface area contributed by atoms with Gasteiger partial charge in [0.25, 0.3) is 0 Å². The lowest BCUT2D eigenvalue weighted by molar-refractivity contribution is -0.116. The van der Waals surface area contributed by atoms with Crippen molar-refractivity contribution in [2.45, 2.75) is 110 Å². The van der Waals surface area contributed by atoms with E-state index in [4.69, 9.17) is 9.84 Å². The van der Waals surface area contributed by atoms with Gasteiger partial charge in [-0.3, -0.25) is 24.4 Å².